The standard InChI is InChI=1S/C21H20ClN3O3/c22-17-10-4-2-7-15(17)12-23-18(26)13-25-19(27)21(24-20(25)28)11-5-8-14-6-1-3-9-16(14)21/h1-4,6-7,9-10H,5,8,11-13H2,(H,23,26)(H,24,28)/t21-/m0/s1. The van der Waals surface area contributed by atoms with Crippen molar-refractivity contribution < 1.29 is 14.4 Å². The number of fused-ring (bicyclic) bond motifs is 2. The second kappa shape index (κ2) is 7.28. The summed E-state index contributed by atoms with van der Waals surface area (Å²) in [5, 5.41) is 6.12. The van der Waals surface area contributed by atoms with E-state index < -0.39 is 17.5 Å². The molecule has 4 rings (SSSR count). The minimum absolute atomic E-state index is 0.232. The number of rotatable bonds is 4. The van der Waals surface area contributed by atoms with Crippen molar-refractivity contribution >= 4 is 29.4 Å². The van der Waals surface area contributed by atoms with Crippen LogP contribution >= 0.6 is 11.6 Å². The van der Waals surface area contributed by atoms with E-state index in [4.69, 9.17) is 11.6 Å². The highest BCUT2D eigenvalue weighted by Crippen LogP contribution is 2.39. The third-order valence-corrected chi connectivity index (χ3v) is 5.76. The number of carbonyl (C=O) groups is 3. The highest BCUT2D eigenvalue weighted by atomic mass is 35.5. The number of benzene rings is 2. The molecule has 0 aromatic heterocycles. The molecule has 1 fully saturated rings. The van der Waals surface area contributed by atoms with Crippen LogP contribution < -0.4 is 10.6 Å². The summed E-state index contributed by atoms with van der Waals surface area (Å²) in [6.07, 6.45) is 2.21. The number of nitrogens with one attached hydrogen (secondary N) is 2. The minimum Gasteiger partial charge on any atom is -0.350 e. The Balaban J connectivity index is 1.48. The Morgan fingerprint density at radius 1 is 1.14 bits per heavy atom. The molecule has 1 aliphatic carbocycles. The van der Waals surface area contributed by atoms with Crippen LogP contribution in [0.2, 0.25) is 5.02 Å². The molecule has 4 amide bonds. The number of imide groups is 1. The highest BCUT2D eigenvalue weighted by Gasteiger charge is 2.54. The summed E-state index contributed by atoms with van der Waals surface area (Å²) in [5.41, 5.74) is 1.60. The van der Waals surface area contributed by atoms with Crippen molar-refractivity contribution in [3.05, 3.63) is 70.2 Å². The average Bonchev–Trinajstić information content (AvgIpc) is 2.92. The molecule has 2 aliphatic rings. The summed E-state index contributed by atoms with van der Waals surface area (Å²) in [7, 11) is 0. The maximum atomic E-state index is 13.2. The van der Waals surface area contributed by atoms with E-state index in [1.54, 1.807) is 6.07 Å². The first-order valence-electron chi connectivity index (χ1n) is 9.24. The monoisotopic (exact) mass is 397 g/mol. The summed E-state index contributed by atoms with van der Waals surface area (Å²) in [6.45, 7) is -0.0881. The Labute approximate surface area is 167 Å². The molecule has 28 heavy (non-hydrogen) atoms. The Hall–Kier alpha value is -2.86. The molecule has 0 saturated carbocycles. The molecule has 6 nitrogen and oxygen atoms in total. The van der Waals surface area contributed by atoms with E-state index in [2.05, 4.69) is 10.6 Å². The predicted molar refractivity (Wildman–Crippen MR) is 105 cm³/mol. The lowest BCUT2D eigenvalue weighted by Crippen LogP contribution is -2.47. The van der Waals surface area contributed by atoms with E-state index in [9.17, 15) is 14.4 Å². The molecule has 2 aromatic carbocycles. The highest BCUT2D eigenvalue weighted by molar-refractivity contribution is 6.31. The summed E-state index contributed by atoms with van der Waals surface area (Å²) in [4.78, 5) is 39.1. The first-order chi connectivity index (χ1) is 13.5. The smallest absolute Gasteiger partial charge is 0.325 e. The molecule has 2 aromatic rings. The Bertz CT molecular complexity index is 961. The molecule has 7 heteroatoms. The predicted octanol–water partition coefficient (Wildman–Crippen LogP) is 2.74. The van der Waals surface area contributed by atoms with Gasteiger partial charge in [0.1, 0.15) is 12.1 Å². The number of urea groups is 1. The molecule has 1 saturated heterocycles. The topological polar surface area (TPSA) is 78.5 Å². The molecule has 1 spiro atoms. The van der Waals surface area contributed by atoms with Gasteiger partial charge in [-0.15, -0.1) is 0 Å². The van der Waals surface area contributed by atoms with Crippen molar-refractivity contribution in [2.75, 3.05) is 6.54 Å². The van der Waals surface area contributed by atoms with Crippen LogP contribution in [-0.4, -0.2) is 29.3 Å². The normalized spacial score (nSPS) is 20.8. The van der Waals surface area contributed by atoms with Crippen LogP contribution in [0.3, 0.4) is 0 Å². The van der Waals surface area contributed by atoms with E-state index in [1.165, 1.54) is 0 Å². The van der Waals surface area contributed by atoms with E-state index in [1.807, 2.05) is 42.5 Å². The van der Waals surface area contributed by atoms with Gasteiger partial charge in [0.2, 0.25) is 5.91 Å². The zero-order chi connectivity index (χ0) is 19.7. The van der Waals surface area contributed by atoms with Gasteiger partial charge in [0.05, 0.1) is 0 Å². The minimum atomic E-state index is -1.06. The third-order valence-electron chi connectivity index (χ3n) is 5.39. The van der Waals surface area contributed by atoms with Gasteiger partial charge in [-0.3, -0.25) is 14.5 Å². The van der Waals surface area contributed by atoms with Crippen LogP contribution in [-0.2, 0) is 28.1 Å². The molecular weight excluding hydrogens is 378 g/mol. The number of nitrogens with zero attached hydrogens (tertiary/aromatic N) is 1. The molecular formula is C21H20ClN3O3. The first-order valence-corrected chi connectivity index (χ1v) is 9.62. The molecule has 0 unspecified atom stereocenters. The van der Waals surface area contributed by atoms with Gasteiger partial charge in [0.25, 0.3) is 5.91 Å². The van der Waals surface area contributed by atoms with E-state index in [-0.39, 0.29) is 19.0 Å². The zero-order valence-electron chi connectivity index (χ0n) is 15.2. The summed E-state index contributed by atoms with van der Waals surface area (Å²) >= 11 is 6.09. The fourth-order valence-electron chi connectivity index (χ4n) is 3.99. The lowest BCUT2D eigenvalue weighted by molar-refractivity contribution is -0.135. The van der Waals surface area contributed by atoms with Crippen molar-refractivity contribution in [3.8, 4) is 0 Å². The van der Waals surface area contributed by atoms with Gasteiger partial charge in [-0.05, 0) is 42.0 Å². The molecule has 2 N–H and O–H groups in total. The second-order valence-corrected chi connectivity index (χ2v) is 7.51. The Kier molecular flexibility index (Phi) is 4.81. The average molecular weight is 398 g/mol. The number of halogens is 1. The third kappa shape index (κ3) is 3.14. The van der Waals surface area contributed by atoms with Crippen molar-refractivity contribution in [3.63, 3.8) is 0 Å². The number of carbonyl (C=O) groups excluding carboxylic acids is 3. The van der Waals surface area contributed by atoms with Crippen LogP contribution in [0, 0.1) is 0 Å². The SMILES string of the molecule is O=C(CN1C(=O)N[C@]2(CCCc3ccccc32)C1=O)NCc1ccccc1Cl. The molecule has 1 aliphatic heterocycles. The van der Waals surface area contributed by atoms with Crippen molar-refractivity contribution in [2.24, 2.45) is 0 Å². The lowest BCUT2D eigenvalue weighted by Gasteiger charge is -2.33. The van der Waals surface area contributed by atoms with Gasteiger partial charge in [-0.2, -0.15) is 0 Å². The maximum absolute atomic E-state index is 13.2. The van der Waals surface area contributed by atoms with Gasteiger partial charge in [0, 0.05) is 11.6 Å². The Morgan fingerprint density at radius 3 is 2.71 bits per heavy atom. The van der Waals surface area contributed by atoms with Crippen molar-refractivity contribution in [1.82, 2.24) is 15.5 Å². The summed E-state index contributed by atoms with van der Waals surface area (Å²) in [5.74, 6) is -0.776. The number of amides is 4. The van der Waals surface area contributed by atoms with Crippen LogP contribution in [0.15, 0.2) is 48.5 Å². The molecule has 0 bridgehead atoms. The van der Waals surface area contributed by atoms with Crippen molar-refractivity contribution in [2.45, 2.75) is 31.3 Å². The van der Waals surface area contributed by atoms with Gasteiger partial charge in [-0.25, -0.2) is 4.79 Å². The number of hydrogen-bond acceptors (Lipinski definition) is 3. The first kappa shape index (κ1) is 18.5. The maximum Gasteiger partial charge on any atom is 0.325 e. The fourth-order valence-corrected chi connectivity index (χ4v) is 4.19. The van der Waals surface area contributed by atoms with Crippen LogP contribution in [0.1, 0.15) is 29.5 Å². The summed E-state index contributed by atoms with van der Waals surface area (Å²) in [6, 6.07) is 14.3. The fraction of sp³-hybridized carbons (Fsp3) is 0.286. The largest absolute Gasteiger partial charge is 0.350 e. The second-order valence-electron chi connectivity index (χ2n) is 7.11. The van der Waals surface area contributed by atoms with E-state index in [0.717, 1.165) is 34.4 Å². The Morgan fingerprint density at radius 2 is 1.89 bits per heavy atom. The lowest BCUT2D eigenvalue weighted by atomic mass is 9.76. The van der Waals surface area contributed by atoms with Gasteiger partial charge in [-0.1, -0.05) is 54.1 Å². The van der Waals surface area contributed by atoms with Gasteiger partial charge < -0.3 is 10.6 Å². The zero-order valence-corrected chi connectivity index (χ0v) is 16.0. The van der Waals surface area contributed by atoms with Crippen LogP contribution in [0.25, 0.3) is 0 Å². The van der Waals surface area contributed by atoms with E-state index >= 15 is 0 Å². The molecule has 0 radical (unpaired) electrons. The summed E-state index contributed by atoms with van der Waals surface area (Å²) < 4.78 is 0. The van der Waals surface area contributed by atoms with E-state index in [0.29, 0.717) is 11.4 Å². The van der Waals surface area contributed by atoms with Crippen LogP contribution in [0.4, 0.5) is 4.79 Å². The number of hydrogen-bond donors (Lipinski definition) is 2. The molecule has 144 valence electrons. The number of aryl methyl sites for hydroxylation is 1. The quantitative estimate of drug-likeness (QED) is 0.778. The van der Waals surface area contributed by atoms with Crippen LogP contribution in [0.5, 0.6) is 0 Å². The van der Waals surface area contributed by atoms with Crippen molar-refractivity contribution in [1.29, 1.82) is 0 Å². The van der Waals surface area contributed by atoms with Gasteiger partial charge >= 0.3 is 6.03 Å². The van der Waals surface area contributed by atoms with Gasteiger partial charge in [0.15, 0.2) is 0 Å². The molecule has 1 atom stereocenters. The molecule has 1 heterocycles.